The fraction of sp³-hybridized carbons (Fsp3) is 0.125. The van der Waals surface area contributed by atoms with Crippen LogP contribution in [0, 0.1) is 0 Å². The molecule has 0 aromatic rings. The second kappa shape index (κ2) is 7.53. The standard InChI is InChI=1S/C5H8N2O2.C3H4O2/c1-3(5(7)9)2-4(6)8;1-2-3(4)5/h1-2H2,(H2,6,8)(H2,7,9);2H,1H2,(H,4,5). The quantitative estimate of drug-likeness (QED) is 0.512. The number of carbonyl (C=O) groups is 3. The second-order valence-electron chi connectivity index (χ2n) is 2.15. The van der Waals surface area contributed by atoms with E-state index in [1.807, 2.05) is 0 Å². The van der Waals surface area contributed by atoms with E-state index in [0.29, 0.717) is 0 Å². The lowest BCUT2D eigenvalue weighted by atomic mass is 10.2. The van der Waals surface area contributed by atoms with Crippen LogP contribution in [0.25, 0.3) is 0 Å². The predicted octanol–water partition coefficient (Wildman–Crippen LogP) is -0.840. The third-order valence-electron chi connectivity index (χ3n) is 0.911. The van der Waals surface area contributed by atoms with Crippen molar-refractivity contribution in [1.82, 2.24) is 0 Å². The highest BCUT2D eigenvalue weighted by Gasteiger charge is 2.03. The molecular weight excluding hydrogens is 188 g/mol. The molecule has 78 valence electrons. The number of nitrogens with two attached hydrogens (primary N) is 2. The Morgan fingerprint density at radius 1 is 1.29 bits per heavy atom. The SMILES string of the molecule is C=C(CC(N)=O)C(N)=O.C=CC(=O)O. The number of rotatable bonds is 4. The molecule has 0 aliphatic rings. The van der Waals surface area contributed by atoms with E-state index in [1.54, 1.807) is 0 Å². The molecule has 0 fully saturated rings. The van der Waals surface area contributed by atoms with Gasteiger partial charge in [0.05, 0.1) is 6.42 Å². The minimum Gasteiger partial charge on any atom is -0.478 e. The maximum atomic E-state index is 10.1. The summed E-state index contributed by atoms with van der Waals surface area (Å²) < 4.78 is 0. The van der Waals surface area contributed by atoms with Crippen LogP contribution in [0.4, 0.5) is 0 Å². The Balaban J connectivity index is 0. The first kappa shape index (κ1) is 14.4. The molecule has 0 saturated carbocycles. The van der Waals surface area contributed by atoms with Crippen LogP contribution in [-0.4, -0.2) is 22.9 Å². The van der Waals surface area contributed by atoms with Gasteiger partial charge in [-0.25, -0.2) is 4.79 Å². The van der Waals surface area contributed by atoms with Gasteiger partial charge in [-0.15, -0.1) is 0 Å². The van der Waals surface area contributed by atoms with Crippen molar-refractivity contribution in [3.63, 3.8) is 0 Å². The maximum Gasteiger partial charge on any atom is 0.327 e. The monoisotopic (exact) mass is 200 g/mol. The number of hydrogen-bond donors (Lipinski definition) is 3. The van der Waals surface area contributed by atoms with Gasteiger partial charge in [-0.2, -0.15) is 0 Å². The van der Waals surface area contributed by atoms with Gasteiger partial charge in [0.2, 0.25) is 11.8 Å². The van der Waals surface area contributed by atoms with Crippen LogP contribution in [0.5, 0.6) is 0 Å². The molecule has 0 unspecified atom stereocenters. The topological polar surface area (TPSA) is 123 Å². The first-order valence-corrected chi connectivity index (χ1v) is 3.42. The van der Waals surface area contributed by atoms with Crippen molar-refractivity contribution >= 4 is 17.8 Å². The minimum absolute atomic E-state index is 0.0440. The highest BCUT2D eigenvalue weighted by molar-refractivity contribution is 5.96. The van der Waals surface area contributed by atoms with Gasteiger partial charge < -0.3 is 16.6 Å². The van der Waals surface area contributed by atoms with Crippen LogP contribution in [0.2, 0.25) is 0 Å². The van der Waals surface area contributed by atoms with Crippen molar-refractivity contribution in [2.45, 2.75) is 6.42 Å². The van der Waals surface area contributed by atoms with Crippen molar-refractivity contribution in [2.75, 3.05) is 0 Å². The average Bonchev–Trinajstić information content (AvgIpc) is 2.04. The molecule has 5 N–H and O–H groups in total. The van der Waals surface area contributed by atoms with E-state index in [-0.39, 0.29) is 12.0 Å². The van der Waals surface area contributed by atoms with Crippen molar-refractivity contribution in [3.8, 4) is 0 Å². The van der Waals surface area contributed by atoms with Gasteiger partial charge in [0.15, 0.2) is 0 Å². The summed E-state index contributed by atoms with van der Waals surface area (Å²) in [4.78, 5) is 29.5. The lowest BCUT2D eigenvalue weighted by molar-refractivity contribution is -0.131. The van der Waals surface area contributed by atoms with Gasteiger partial charge in [-0.1, -0.05) is 13.2 Å². The lowest BCUT2D eigenvalue weighted by Crippen LogP contribution is -2.19. The van der Waals surface area contributed by atoms with E-state index in [0.717, 1.165) is 6.08 Å². The summed E-state index contributed by atoms with van der Waals surface area (Å²) in [6.07, 6.45) is 0.676. The van der Waals surface area contributed by atoms with Crippen molar-refractivity contribution in [3.05, 3.63) is 24.8 Å². The molecule has 0 saturated heterocycles. The summed E-state index contributed by atoms with van der Waals surface area (Å²) in [6.45, 7) is 6.18. The van der Waals surface area contributed by atoms with Crippen LogP contribution in [0.3, 0.4) is 0 Å². The number of carboxylic acid groups (broad SMARTS) is 1. The zero-order chi connectivity index (χ0) is 11.7. The molecule has 0 aliphatic carbocycles. The highest BCUT2D eigenvalue weighted by Crippen LogP contribution is 1.92. The summed E-state index contributed by atoms with van der Waals surface area (Å²) in [7, 11) is 0. The molecular formula is C8H12N2O4. The molecule has 0 aliphatic heterocycles. The largest absolute Gasteiger partial charge is 0.478 e. The predicted molar refractivity (Wildman–Crippen MR) is 50.0 cm³/mol. The van der Waals surface area contributed by atoms with Gasteiger partial charge in [0, 0.05) is 11.6 Å². The number of carbonyl (C=O) groups excluding carboxylic acids is 2. The van der Waals surface area contributed by atoms with E-state index in [9.17, 15) is 14.4 Å². The Hall–Kier alpha value is -2.11. The molecule has 6 heteroatoms. The van der Waals surface area contributed by atoms with Crippen LogP contribution < -0.4 is 11.5 Å². The van der Waals surface area contributed by atoms with Crippen LogP contribution in [0.1, 0.15) is 6.42 Å². The zero-order valence-electron chi connectivity index (χ0n) is 7.53. The highest BCUT2D eigenvalue weighted by atomic mass is 16.4. The number of carboxylic acids is 1. The number of primary amides is 2. The molecule has 0 atom stereocenters. The Bertz CT molecular complexity index is 271. The average molecular weight is 200 g/mol. The van der Waals surface area contributed by atoms with Crippen LogP contribution in [-0.2, 0) is 14.4 Å². The third-order valence-corrected chi connectivity index (χ3v) is 0.911. The van der Waals surface area contributed by atoms with Gasteiger partial charge in [-0.3, -0.25) is 9.59 Å². The Morgan fingerprint density at radius 2 is 1.64 bits per heavy atom. The number of hydrogen-bond acceptors (Lipinski definition) is 3. The summed E-state index contributed by atoms with van der Waals surface area (Å²) in [5.41, 5.74) is 9.51. The van der Waals surface area contributed by atoms with Crippen LogP contribution in [0.15, 0.2) is 24.8 Å². The molecule has 2 amide bonds. The normalized spacial score (nSPS) is 7.71. The first-order chi connectivity index (χ1) is 6.31. The molecule has 14 heavy (non-hydrogen) atoms. The fourth-order valence-corrected chi connectivity index (χ4v) is 0.297. The zero-order valence-corrected chi connectivity index (χ0v) is 7.53. The molecule has 6 nitrogen and oxygen atoms in total. The molecule has 0 rings (SSSR count). The summed E-state index contributed by atoms with van der Waals surface area (Å²) >= 11 is 0. The summed E-state index contributed by atoms with van der Waals surface area (Å²) in [5, 5.41) is 7.60. The molecule has 0 bridgehead atoms. The van der Waals surface area contributed by atoms with Crippen molar-refractivity contribution in [1.29, 1.82) is 0 Å². The number of aliphatic carboxylic acids is 1. The van der Waals surface area contributed by atoms with E-state index in [4.69, 9.17) is 16.6 Å². The molecule has 0 heterocycles. The van der Waals surface area contributed by atoms with E-state index >= 15 is 0 Å². The Morgan fingerprint density at radius 3 is 1.71 bits per heavy atom. The summed E-state index contributed by atoms with van der Waals surface area (Å²) in [6, 6.07) is 0. The first-order valence-electron chi connectivity index (χ1n) is 3.42. The second-order valence-corrected chi connectivity index (χ2v) is 2.15. The smallest absolute Gasteiger partial charge is 0.327 e. The van der Waals surface area contributed by atoms with Gasteiger partial charge in [0.1, 0.15) is 0 Å². The minimum atomic E-state index is -0.981. The molecule has 0 aromatic carbocycles. The van der Waals surface area contributed by atoms with Gasteiger partial charge in [-0.05, 0) is 0 Å². The van der Waals surface area contributed by atoms with Crippen molar-refractivity contribution < 1.29 is 19.5 Å². The van der Waals surface area contributed by atoms with E-state index < -0.39 is 17.8 Å². The molecule has 0 aromatic heterocycles. The number of amides is 2. The van der Waals surface area contributed by atoms with Gasteiger partial charge >= 0.3 is 5.97 Å². The maximum absolute atomic E-state index is 10.1. The molecule has 0 radical (unpaired) electrons. The van der Waals surface area contributed by atoms with Crippen molar-refractivity contribution in [2.24, 2.45) is 11.5 Å². The van der Waals surface area contributed by atoms with E-state index in [1.165, 1.54) is 0 Å². The fourth-order valence-electron chi connectivity index (χ4n) is 0.297. The third kappa shape index (κ3) is 12.6. The summed E-state index contributed by atoms with van der Waals surface area (Å²) in [5.74, 6) is -2.27. The Labute approximate surface area is 80.9 Å². The Kier molecular flexibility index (Phi) is 7.76. The van der Waals surface area contributed by atoms with E-state index in [2.05, 4.69) is 13.2 Å². The lowest BCUT2D eigenvalue weighted by Gasteiger charge is -1.93. The van der Waals surface area contributed by atoms with Gasteiger partial charge in [0.25, 0.3) is 0 Å². The van der Waals surface area contributed by atoms with Crippen LogP contribution >= 0.6 is 0 Å². The molecule has 0 spiro atoms.